The second kappa shape index (κ2) is 6.84. The van der Waals surface area contributed by atoms with E-state index < -0.39 is 5.41 Å². The number of nitrogens with one attached hydrogen (secondary N) is 3. The maximum atomic E-state index is 13.7. The predicted molar refractivity (Wildman–Crippen MR) is 110 cm³/mol. The molecule has 0 aliphatic carbocycles. The van der Waals surface area contributed by atoms with E-state index in [1.807, 2.05) is 48.5 Å². The fraction of sp³-hybridized carbons (Fsp3) is 0.182. The molecule has 1 aromatic heterocycles. The lowest BCUT2D eigenvalue weighted by Crippen LogP contribution is -2.48. The van der Waals surface area contributed by atoms with Gasteiger partial charge in [0.25, 0.3) is 0 Å². The number of H-pyrrole nitrogens is 1. The first-order valence-corrected chi connectivity index (χ1v) is 9.65. The third-order valence-corrected chi connectivity index (χ3v) is 5.69. The Bertz CT molecular complexity index is 1160. The van der Waals surface area contributed by atoms with Gasteiger partial charge in [-0.05, 0) is 17.2 Å². The lowest BCUT2D eigenvalue weighted by molar-refractivity contribution is -0.128. The van der Waals surface area contributed by atoms with Crippen LogP contribution in [0.1, 0.15) is 23.1 Å². The Labute approximate surface area is 172 Å². The number of nitrogens with zero attached hydrogens (tertiary/aromatic N) is 2. The van der Waals surface area contributed by atoms with Crippen molar-refractivity contribution in [1.29, 1.82) is 0 Å². The lowest BCUT2D eigenvalue weighted by Gasteiger charge is -2.31. The lowest BCUT2D eigenvalue weighted by atomic mass is 9.72. The summed E-state index contributed by atoms with van der Waals surface area (Å²) in [6.07, 6.45) is 1.54. The van der Waals surface area contributed by atoms with Gasteiger partial charge < -0.3 is 15.5 Å². The number of carbonyl (C=O) groups excluding carboxylic acids is 3. The number of anilines is 2. The quantitative estimate of drug-likeness (QED) is 0.618. The zero-order valence-electron chi connectivity index (χ0n) is 16.0. The molecule has 1 spiro atoms. The van der Waals surface area contributed by atoms with Gasteiger partial charge in [0.05, 0.1) is 6.20 Å². The first-order chi connectivity index (χ1) is 14.6. The van der Waals surface area contributed by atoms with Crippen molar-refractivity contribution < 1.29 is 14.4 Å². The van der Waals surface area contributed by atoms with Crippen LogP contribution in [0, 0.1) is 0 Å². The highest BCUT2D eigenvalue weighted by atomic mass is 16.2. The van der Waals surface area contributed by atoms with E-state index >= 15 is 0 Å². The van der Waals surface area contributed by atoms with Gasteiger partial charge in [-0.25, -0.2) is 0 Å². The summed E-state index contributed by atoms with van der Waals surface area (Å²) < 4.78 is 0. The Balaban J connectivity index is 1.46. The molecule has 2 aromatic carbocycles. The number of benzene rings is 2. The standard InChI is InChI=1S/C22H19N5O3/c28-18-10-22(16-12-24-26-20(16)25-18)15-8-4-5-9-17(15)27(21(22)30)13-19(29)23-11-14-6-2-1-3-7-14/h1-9,12H,10-11,13H2,(H,23,29)(H2,24,25,26,28)/t22-/m1/s1. The molecule has 2 aliphatic heterocycles. The number of para-hydroxylation sites is 1. The van der Waals surface area contributed by atoms with E-state index in [-0.39, 0.29) is 30.7 Å². The Morgan fingerprint density at radius 1 is 1.07 bits per heavy atom. The highest BCUT2D eigenvalue weighted by molar-refractivity contribution is 6.17. The molecule has 3 heterocycles. The van der Waals surface area contributed by atoms with Crippen molar-refractivity contribution in [3.8, 4) is 0 Å². The van der Waals surface area contributed by atoms with Crippen molar-refractivity contribution in [2.45, 2.75) is 18.4 Å². The van der Waals surface area contributed by atoms with Crippen LogP contribution in [-0.4, -0.2) is 34.5 Å². The normalized spacial score (nSPS) is 19.4. The van der Waals surface area contributed by atoms with E-state index in [1.165, 1.54) is 4.90 Å². The molecule has 0 radical (unpaired) electrons. The Hall–Kier alpha value is -3.94. The largest absolute Gasteiger partial charge is 0.350 e. The van der Waals surface area contributed by atoms with Crippen LogP contribution in [0.25, 0.3) is 0 Å². The van der Waals surface area contributed by atoms with Gasteiger partial charge in [-0.3, -0.25) is 19.5 Å². The molecule has 0 saturated heterocycles. The summed E-state index contributed by atoms with van der Waals surface area (Å²) in [4.78, 5) is 40.2. The molecule has 2 aliphatic rings. The molecular formula is C22H19N5O3. The summed E-state index contributed by atoms with van der Waals surface area (Å²) in [5.74, 6) is -0.419. The third kappa shape index (κ3) is 2.68. The maximum Gasteiger partial charge on any atom is 0.243 e. The third-order valence-electron chi connectivity index (χ3n) is 5.69. The van der Waals surface area contributed by atoms with Crippen LogP contribution < -0.4 is 15.5 Å². The molecule has 3 aromatic rings. The molecule has 8 heteroatoms. The van der Waals surface area contributed by atoms with Crippen LogP contribution in [0.2, 0.25) is 0 Å². The fourth-order valence-electron chi connectivity index (χ4n) is 4.33. The smallest absolute Gasteiger partial charge is 0.243 e. The number of aromatic amines is 1. The van der Waals surface area contributed by atoms with Crippen molar-refractivity contribution in [3.63, 3.8) is 0 Å². The summed E-state index contributed by atoms with van der Waals surface area (Å²) in [5.41, 5.74) is 1.76. The first kappa shape index (κ1) is 18.1. The van der Waals surface area contributed by atoms with Crippen molar-refractivity contribution in [3.05, 3.63) is 77.5 Å². The number of carbonyl (C=O) groups is 3. The highest BCUT2D eigenvalue weighted by Crippen LogP contribution is 2.51. The number of fused-ring (bicyclic) bond motifs is 4. The first-order valence-electron chi connectivity index (χ1n) is 9.65. The van der Waals surface area contributed by atoms with E-state index in [0.717, 1.165) is 5.56 Å². The molecule has 3 amide bonds. The molecular weight excluding hydrogens is 382 g/mol. The molecule has 0 fully saturated rings. The summed E-state index contributed by atoms with van der Waals surface area (Å²) in [6, 6.07) is 16.9. The maximum absolute atomic E-state index is 13.7. The number of rotatable bonds is 4. The number of hydrogen-bond acceptors (Lipinski definition) is 4. The zero-order valence-corrected chi connectivity index (χ0v) is 16.0. The second-order valence-corrected chi connectivity index (χ2v) is 7.46. The van der Waals surface area contributed by atoms with Gasteiger partial charge in [0.15, 0.2) is 0 Å². The summed E-state index contributed by atoms with van der Waals surface area (Å²) >= 11 is 0. The van der Waals surface area contributed by atoms with E-state index in [0.29, 0.717) is 29.2 Å². The Kier molecular flexibility index (Phi) is 4.13. The van der Waals surface area contributed by atoms with Crippen molar-refractivity contribution in [2.75, 3.05) is 16.8 Å². The molecule has 1 atom stereocenters. The van der Waals surface area contributed by atoms with E-state index in [4.69, 9.17) is 0 Å². The van der Waals surface area contributed by atoms with Crippen LogP contribution in [-0.2, 0) is 26.3 Å². The molecule has 0 saturated carbocycles. The average Bonchev–Trinajstić information content (AvgIpc) is 3.32. The number of hydrogen-bond donors (Lipinski definition) is 3. The van der Waals surface area contributed by atoms with Crippen molar-refractivity contribution in [1.82, 2.24) is 15.5 Å². The van der Waals surface area contributed by atoms with Gasteiger partial charge in [-0.1, -0.05) is 48.5 Å². The zero-order chi connectivity index (χ0) is 20.7. The predicted octanol–water partition coefficient (Wildman–Crippen LogP) is 1.70. The van der Waals surface area contributed by atoms with Crippen LogP contribution in [0.3, 0.4) is 0 Å². The Morgan fingerprint density at radius 2 is 1.83 bits per heavy atom. The minimum absolute atomic E-state index is 0.0302. The molecule has 3 N–H and O–H groups in total. The van der Waals surface area contributed by atoms with Crippen molar-refractivity contribution in [2.24, 2.45) is 0 Å². The Morgan fingerprint density at radius 3 is 2.67 bits per heavy atom. The number of amides is 3. The summed E-state index contributed by atoms with van der Waals surface area (Å²) in [6.45, 7) is 0.252. The number of aromatic nitrogens is 2. The minimum Gasteiger partial charge on any atom is -0.350 e. The molecule has 8 nitrogen and oxygen atoms in total. The molecule has 0 bridgehead atoms. The van der Waals surface area contributed by atoms with Crippen LogP contribution in [0.4, 0.5) is 11.5 Å². The van der Waals surface area contributed by atoms with Gasteiger partial charge in [0.2, 0.25) is 17.7 Å². The topological polar surface area (TPSA) is 107 Å². The second-order valence-electron chi connectivity index (χ2n) is 7.46. The molecule has 5 rings (SSSR count). The monoisotopic (exact) mass is 401 g/mol. The van der Waals surface area contributed by atoms with E-state index in [2.05, 4.69) is 20.8 Å². The van der Waals surface area contributed by atoms with Gasteiger partial charge in [0, 0.05) is 24.2 Å². The highest BCUT2D eigenvalue weighted by Gasteiger charge is 2.56. The summed E-state index contributed by atoms with van der Waals surface area (Å²) in [5, 5.41) is 12.4. The average molecular weight is 401 g/mol. The SMILES string of the molecule is O=C(CN1C(=O)[C@]2(CC(=O)Nc3[nH]ncc32)c2ccccc21)NCc1ccccc1. The van der Waals surface area contributed by atoms with E-state index in [9.17, 15) is 14.4 Å². The van der Waals surface area contributed by atoms with Crippen molar-refractivity contribution >= 4 is 29.2 Å². The fourth-order valence-corrected chi connectivity index (χ4v) is 4.33. The van der Waals surface area contributed by atoms with Gasteiger partial charge in [-0.2, -0.15) is 5.10 Å². The molecule has 0 unspecified atom stereocenters. The van der Waals surface area contributed by atoms with E-state index in [1.54, 1.807) is 12.3 Å². The molecule has 150 valence electrons. The minimum atomic E-state index is -1.18. The van der Waals surface area contributed by atoms with Crippen LogP contribution in [0.15, 0.2) is 60.8 Å². The van der Waals surface area contributed by atoms with Gasteiger partial charge >= 0.3 is 0 Å². The van der Waals surface area contributed by atoms with Crippen LogP contribution in [0.5, 0.6) is 0 Å². The van der Waals surface area contributed by atoms with Crippen LogP contribution >= 0.6 is 0 Å². The summed E-state index contributed by atoms with van der Waals surface area (Å²) in [7, 11) is 0. The van der Waals surface area contributed by atoms with Gasteiger partial charge in [0.1, 0.15) is 17.8 Å². The van der Waals surface area contributed by atoms with Gasteiger partial charge in [-0.15, -0.1) is 0 Å². The molecule has 30 heavy (non-hydrogen) atoms.